The summed E-state index contributed by atoms with van der Waals surface area (Å²) in [5.74, 6) is -0.341. The molecule has 0 aromatic rings. The molecule has 3 nitrogen and oxygen atoms in total. The molecule has 1 heterocycles. The van der Waals surface area contributed by atoms with Crippen molar-refractivity contribution < 1.29 is 14.6 Å². The summed E-state index contributed by atoms with van der Waals surface area (Å²) in [5, 5.41) is 9.42. The van der Waals surface area contributed by atoms with Crippen LogP contribution in [0.3, 0.4) is 0 Å². The quantitative estimate of drug-likeness (QED) is 0.530. The summed E-state index contributed by atoms with van der Waals surface area (Å²) >= 11 is 0. The topological polar surface area (TPSA) is 46.5 Å². The van der Waals surface area contributed by atoms with Crippen LogP contribution in [0.4, 0.5) is 0 Å². The number of cyclic esters (lactones) is 1. The van der Waals surface area contributed by atoms with Gasteiger partial charge in [0.2, 0.25) is 0 Å². The van der Waals surface area contributed by atoms with Crippen molar-refractivity contribution in [1.29, 1.82) is 0 Å². The van der Waals surface area contributed by atoms with Gasteiger partial charge in [0.25, 0.3) is 0 Å². The first-order valence-corrected chi connectivity index (χ1v) is 4.81. The molecular formula is C10H16O3. The van der Waals surface area contributed by atoms with Crippen molar-refractivity contribution in [2.75, 3.05) is 0 Å². The molecular weight excluding hydrogens is 168 g/mol. The van der Waals surface area contributed by atoms with Crippen LogP contribution >= 0.6 is 0 Å². The van der Waals surface area contributed by atoms with Gasteiger partial charge < -0.3 is 9.84 Å². The van der Waals surface area contributed by atoms with Crippen molar-refractivity contribution in [3.05, 3.63) is 12.2 Å². The molecule has 0 aliphatic carbocycles. The highest BCUT2D eigenvalue weighted by atomic mass is 16.6. The Morgan fingerprint density at radius 1 is 1.54 bits per heavy atom. The van der Waals surface area contributed by atoms with Crippen LogP contribution in [0.5, 0.6) is 0 Å². The molecule has 0 fully saturated rings. The molecule has 0 aromatic heterocycles. The lowest BCUT2D eigenvalue weighted by atomic mass is 10.0. The summed E-state index contributed by atoms with van der Waals surface area (Å²) in [6, 6.07) is 0. The predicted octanol–water partition coefficient (Wildman–Crippen LogP) is 1.41. The Labute approximate surface area is 78.4 Å². The normalized spacial score (nSPS) is 27.4. The molecule has 3 heteroatoms. The van der Waals surface area contributed by atoms with E-state index >= 15 is 0 Å². The van der Waals surface area contributed by atoms with E-state index in [1.807, 2.05) is 0 Å². The van der Waals surface area contributed by atoms with E-state index in [4.69, 9.17) is 4.74 Å². The van der Waals surface area contributed by atoms with Gasteiger partial charge in [-0.05, 0) is 18.9 Å². The summed E-state index contributed by atoms with van der Waals surface area (Å²) < 4.78 is 4.97. The van der Waals surface area contributed by atoms with Gasteiger partial charge in [0, 0.05) is 6.08 Å². The minimum absolute atomic E-state index is 0.330. The van der Waals surface area contributed by atoms with Crippen molar-refractivity contribution in [2.24, 2.45) is 0 Å². The van der Waals surface area contributed by atoms with E-state index in [1.165, 1.54) is 12.2 Å². The zero-order valence-corrected chi connectivity index (χ0v) is 7.90. The van der Waals surface area contributed by atoms with Crippen molar-refractivity contribution in [3.63, 3.8) is 0 Å². The fourth-order valence-electron chi connectivity index (χ4n) is 1.38. The van der Waals surface area contributed by atoms with Crippen LogP contribution in [-0.4, -0.2) is 23.3 Å². The van der Waals surface area contributed by atoms with Crippen LogP contribution in [0.25, 0.3) is 0 Å². The average molecular weight is 184 g/mol. The number of rotatable bonds is 4. The number of ether oxygens (including phenoxy) is 1. The lowest BCUT2D eigenvalue weighted by Gasteiger charge is -2.23. The van der Waals surface area contributed by atoms with E-state index in [9.17, 15) is 9.90 Å². The third-order valence-electron chi connectivity index (χ3n) is 2.17. The van der Waals surface area contributed by atoms with Crippen LogP contribution in [-0.2, 0) is 9.53 Å². The van der Waals surface area contributed by atoms with Crippen LogP contribution in [0.2, 0.25) is 0 Å². The Morgan fingerprint density at radius 2 is 2.31 bits per heavy atom. The summed E-state index contributed by atoms with van der Waals surface area (Å²) in [7, 11) is 0. The maximum Gasteiger partial charge on any atom is 0.330 e. The maximum absolute atomic E-state index is 10.8. The predicted molar refractivity (Wildman–Crippen MR) is 49.2 cm³/mol. The van der Waals surface area contributed by atoms with Gasteiger partial charge in [0.1, 0.15) is 12.2 Å². The fraction of sp³-hybridized carbons (Fsp3) is 0.700. The molecule has 0 amide bonds. The molecule has 0 unspecified atom stereocenters. The van der Waals surface area contributed by atoms with Gasteiger partial charge in [0.05, 0.1) is 0 Å². The van der Waals surface area contributed by atoms with E-state index in [0.717, 1.165) is 25.7 Å². The lowest BCUT2D eigenvalue weighted by Crippen LogP contribution is -2.32. The molecule has 0 spiro atoms. The van der Waals surface area contributed by atoms with Gasteiger partial charge in [-0.2, -0.15) is 0 Å². The lowest BCUT2D eigenvalue weighted by molar-refractivity contribution is -0.149. The van der Waals surface area contributed by atoms with E-state index in [-0.39, 0.29) is 12.1 Å². The van der Waals surface area contributed by atoms with E-state index < -0.39 is 6.10 Å². The second kappa shape index (κ2) is 5.02. The number of aliphatic hydroxyl groups is 1. The molecule has 2 atom stereocenters. The summed E-state index contributed by atoms with van der Waals surface area (Å²) in [4.78, 5) is 10.8. The minimum atomic E-state index is -0.616. The molecule has 1 N–H and O–H groups in total. The van der Waals surface area contributed by atoms with Crippen molar-refractivity contribution >= 4 is 5.97 Å². The number of unbranched alkanes of at least 4 members (excludes halogenated alkanes) is 2. The fourth-order valence-corrected chi connectivity index (χ4v) is 1.38. The zero-order valence-electron chi connectivity index (χ0n) is 7.90. The number of aliphatic hydroxyl groups excluding tert-OH is 1. The highest BCUT2D eigenvalue weighted by Gasteiger charge is 2.23. The van der Waals surface area contributed by atoms with Gasteiger partial charge in [-0.25, -0.2) is 4.79 Å². The molecule has 1 aliphatic rings. The average Bonchev–Trinajstić information content (AvgIpc) is 2.11. The number of esters is 1. The highest BCUT2D eigenvalue weighted by molar-refractivity contribution is 5.83. The van der Waals surface area contributed by atoms with Gasteiger partial charge in [0.15, 0.2) is 0 Å². The summed E-state index contributed by atoms with van der Waals surface area (Å²) in [6.45, 7) is 2.11. The van der Waals surface area contributed by atoms with Gasteiger partial charge in [-0.1, -0.05) is 19.8 Å². The Morgan fingerprint density at radius 3 is 3.00 bits per heavy atom. The molecule has 1 aliphatic heterocycles. The van der Waals surface area contributed by atoms with Crippen molar-refractivity contribution in [1.82, 2.24) is 0 Å². The number of hydrogen-bond acceptors (Lipinski definition) is 3. The standard InChI is InChI=1S/C10H16O3/c1-2-3-4-5-9-8(11)6-7-10(12)13-9/h6-9,11H,2-5H2,1H3/t8-,9-/m1/s1. The Balaban J connectivity index is 2.32. The zero-order chi connectivity index (χ0) is 9.68. The first kappa shape index (κ1) is 10.3. The Kier molecular flexibility index (Phi) is 3.96. The summed E-state index contributed by atoms with van der Waals surface area (Å²) in [6.07, 6.45) is 5.84. The van der Waals surface area contributed by atoms with E-state index in [1.54, 1.807) is 0 Å². The maximum atomic E-state index is 10.8. The van der Waals surface area contributed by atoms with Crippen molar-refractivity contribution in [2.45, 2.75) is 44.8 Å². The molecule has 13 heavy (non-hydrogen) atoms. The third-order valence-corrected chi connectivity index (χ3v) is 2.17. The van der Waals surface area contributed by atoms with E-state index in [0.29, 0.717) is 0 Å². The SMILES string of the molecule is CCCCC[C@H]1OC(=O)C=C[C@H]1O. The third kappa shape index (κ3) is 3.19. The van der Waals surface area contributed by atoms with Gasteiger partial charge in [-0.15, -0.1) is 0 Å². The van der Waals surface area contributed by atoms with Gasteiger partial charge in [-0.3, -0.25) is 0 Å². The first-order valence-electron chi connectivity index (χ1n) is 4.81. The second-order valence-electron chi connectivity index (χ2n) is 3.32. The van der Waals surface area contributed by atoms with Crippen LogP contribution in [0.15, 0.2) is 12.2 Å². The van der Waals surface area contributed by atoms with Gasteiger partial charge >= 0.3 is 5.97 Å². The molecule has 0 bridgehead atoms. The number of hydrogen-bond donors (Lipinski definition) is 1. The highest BCUT2D eigenvalue weighted by Crippen LogP contribution is 2.15. The van der Waals surface area contributed by atoms with E-state index in [2.05, 4.69) is 6.92 Å². The number of carbonyl (C=O) groups is 1. The molecule has 0 radical (unpaired) electrons. The van der Waals surface area contributed by atoms with Crippen LogP contribution < -0.4 is 0 Å². The summed E-state index contributed by atoms with van der Waals surface area (Å²) in [5.41, 5.74) is 0. The molecule has 0 saturated heterocycles. The van der Waals surface area contributed by atoms with Crippen molar-refractivity contribution in [3.8, 4) is 0 Å². The minimum Gasteiger partial charge on any atom is -0.456 e. The van der Waals surface area contributed by atoms with Crippen LogP contribution in [0.1, 0.15) is 32.6 Å². The second-order valence-corrected chi connectivity index (χ2v) is 3.32. The smallest absolute Gasteiger partial charge is 0.330 e. The molecule has 0 saturated carbocycles. The molecule has 0 aromatic carbocycles. The molecule has 74 valence electrons. The largest absolute Gasteiger partial charge is 0.456 e. The Bertz CT molecular complexity index is 198. The monoisotopic (exact) mass is 184 g/mol. The number of carbonyl (C=O) groups excluding carboxylic acids is 1. The Hall–Kier alpha value is -0.830. The van der Waals surface area contributed by atoms with Crippen LogP contribution in [0, 0.1) is 0 Å². The molecule has 1 rings (SSSR count). The first-order chi connectivity index (χ1) is 6.24.